The Kier molecular flexibility index (Phi) is 5.04. The number of hydrogen-bond donors (Lipinski definition) is 1. The molecule has 0 unspecified atom stereocenters. The predicted octanol–water partition coefficient (Wildman–Crippen LogP) is 2.94. The van der Waals surface area contributed by atoms with E-state index in [4.69, 9.17) is 4.74 Å². The van der Waals surface area contributed by atoms with E-state index < -0.39 is 5.41 Å². The van der Waals surface area contributed by atoms with Crippen molar-refractivity contribution in [2.45, 2.75) is 44.6 Å². The van der Waals surface area contributed by atoms with Gasteiger partial charge < -0.3 is 10.1 Å². The standard InChI is InChI=1S/C16H20BrNO3/c1-11(2)21-14(19)7-10-18-15(20)16(8-9-16)12-3-5-13(17)6-4-12/h3-6,11H,7-10H2,1-2H3,(H,18,20). The zero-order chi connectivity index (χ0) is 15.5. The minimum absolute atomic E-state index is 0.00201. The molecule has 2 rings (SSSR count). The summed E-state index contributed by atoms with van der Waals surface area (Å²) in [4.78, 5) is 23.8. The lowest BCUT2D eigenvalue weighted by Gasteiger charge is -2.16. The van der Waals surface area contributed by atoms with Crippen molar-refractivity contribution in [1.82, 2.24) is 5.32 Å². The first-order valence-corrected chi connectivity index (χ1v) is 7.97. The summed E-state index contributed by atoms with van der Waals surface area (Å²) in [6, 6.07) is 7.85. The molecule has 0 radical (unpaired) electrons. The molecule has 1 aliphatic carbocycles. The highest BCUT2D eigenvalue weighted by Crippen LogP contribution is 2.48. The molecule has 1 N–H and O–H groups in total. The number of rotatable bonds is 6. The number of carbonyl (C=O) groups excluding carboxylic acids is 2. The average molecular weight is 354 g/mol. The SMILES string of the molecule is CC(C)OC(=O)CCNC(=O)C1(c2ccc(Br)cc2)CC1. The molecular formula is C16H20BrNO3. The molecule has 114 valence electrons. The van der Waals surface area contributed by atoms with Gasteiger partial charge in [-0.15, -0.1) is 0 Å². The maximum Gasteiger partial charge on any atom is 0.307 e. The van der Waals surface area contributed by atoms with Crippen molar-refractivity contribution >= 4 is 27.8 Å². The van der Waals surface area contributed by atoms with E-state index in [2.05, 4.69) is 21.2 Å². The second kappa shape index (κ2) is 6.60. The van der Waals surface area contributed by atoms with Crippen LogP contribution in [0.15, 0.2) is 28.7 Å². The number of ether oxygens (including phenoxy) is 1. The monoisotopic (exact) mass is 353 g/mol. The van der Waals surface area contributed by atoms with Gasteiger partial charge in [0.05, 0.1) is 17.9 Å². The third kappa shape index (κ3) is 4.06. The molecule has 0 aliphatic heterocycles. The van der Waals surface area contributed by atoms with Crippen LogP contribution < -0.4 is 5.32 Å². The zero-order valence-corrected chi connectivity index (χ0v) is 13.9. The van der Waals surface area contributed by atoms with Crippen LogP contribution in [-0.4, -0.2) is 24.5 Å². The van der Waals surface area contributed by atoms with Crippen molar-refractivity contribution in [3.63, 3.8) is 0 Å². The second-order valence-corrected chi connectivity index (χ2v) is 6.55. The second-order valence-electron chi connectivity index (χ2n) is 5.63. The lowest BCUT2D eigenvalue weighted by atomic mass is 9.95. The number of halogens is 1. The van der Waals surface area contributed by atoms with Gasteiger partial charge in [-0.3, -0.25) is 9.59 Å². The summed E-state index contributed by atoms with van der Waals surface area (Å²) in [6.07, 6.45) is 1.81. The van der Waals surface area contributed by atoms with Crippen LogP contribution in [0.3, 0.4) is 0 Å². The number of carbonyl (C=O) groups is 2. The fraction of sp³-hybridized carbons (Fsp3) is 0.500. The Balaban J connectivity index is 1.86. The van der Waals surface area contributed by atoms with Crippen molar-refractivity contribution in [2.24, 2.45) is 0 Å². The van der Waals surface area contributed by atoms with Gasteiger partial charge in [-0.25, -0.2) is 0 Å². The molecule has 21 heavy (non-hydrogen) atoms. The van der Waals surface area contributed by atoms with Crippen LogP contribution in [0.4, 0.5) is 0 Å². The predicted molar refractivity (Wildman–Crippen MR) is 83.9 cm³/mol. The van der Waals surface area contributed by atoms with Gasteiger partial charge in [0.25, 0.3) is 0 Å². The molecule has 0 spiro atoms. The van der Waals surface area contributed by atoms with Crippen molar-refractivity contribution in [3.8, 4) is 0 Å². The third-order valence-corrected chi connectivity index (χ3v) is 4.09. The fourth-order valence-electron chi connectivity index (χ4n) is 2.31. The van der Waals surface area contributed by atoms with Crippen molar-refractivity contribution in [3.05, 3.63) is 34.3 Å². The Bertz CT molecular complexity index is 521. The molecule has 0 saturated heterocycles. The summed E-state index contributed by atoms with van der Waals surface area (Å²) in [7, 11) is 0. The van der Waals surface area contributed by atoms with Crippen LogP contribution >= 0.6 is 15.9 Å². The summed E-state index contributed by atoms with van der Waals surface area (Å²) in [6.45, 7) is 3.94. The van der Waals surface area contributed by atoms with E-state index in [1.165, 1.54) is 0 Å². The summed E-state index contributed by atoms with van der Waals surface area (Å²) < 4.78 is 6.03. The molecule has 1 aromatic rings. The maximum atomic E-state index is 12.3. The number of amides is 1. The molecule has 1 aliphatic rings. The average Bonchev–Trinajstić information content (AvgIpc) is 3.20. The fourth-order valence-corrected chi connectivity index (χ4v) is 2.57. The van der Waals surface area contributed by atoms with E-state index in [9.17, 15) is 9.59 Å². The van der Waals surface area contributed by atoms with Crippen LogP contribution in [0.25, 0.3) is 0 Å². The van der Waals surface area contributed by atoms with Crippen molar-refractivity contribution in [1.29, 1.82) is 0 Å². The highest BCUT2D eigenvalue weighted by molar-refractivity contribution is 9.10. The normalized spacial score (nSPS) is 15.6. The van der Waals surface area contributed by atoms with E-state index >= 15 is 0 Å². The summed E-state index contributed by atoms with van der Waals surface area (Å²) in [5.74, 6) is -0.277. The van der Waals surface area contributed by atoms with Gasteiger partial charge in [-0.1, -0.05) is 28.1 Å². The lowest BCUT2D eigenvalue weighted by molar-refractivity contribution is -0.147. The minimum atomic E-state index is -0.400. The largest absolute Gasteiger partial charge is 0.463 e. The van der Waals surface area contributed by atoms with Gasteiger partial charge in [0.2, 0.25) is 5.91 Å². The van der Waals surface area contributed by atoms with Crippen LogP contribution in [0.1, 0.15) is 38.7 Å². The Hall–Kier alpha value is -1.36. The highest BCUT2D eigenvalue weighted by atomic mass is 79.9. The summed E-state index contributed by atoms with van der Waals surface area (Å²) in [5.41, 5.74) is 0.635. The number of hydrogen-bond acceptors (Lipinski definition) is 3. The Morgan fingerprint density at radius 2 is 1.90 bits per heavy atom. The Morgan fingerprint density at radius 3 is 2.43 bits per heavy atom. The van der Waals surface area contributed by atoms with Gasteiger partial charge in [0, 0.05) is 11.0 Å². The Morgan fingerprint density at radius 1 is 1.29 bits per heavy atom. The molecule has 1 fully saturated rings. The molecule has 0 bridgehead atoms. The van der Waals surface area contributed by atoms with Crippen LogP contribution in [0.2, 0.25) is 0 Å². The van der Waals surface area contributed by atoms with Gasteiger partial charge in [0.15, 0.2) is 0 Å². The quantitative estimate of drug-likeness (QED) is 0.800. The Labute approximate surface area is 133 Å². The molecule has 0 aromatic heterocycles. The van der Waals surface area contributed by atoms with Crippen LogP contribution in [-0.2, 0) is 19.7 Å². The smallest absolute Gasteiger partial charge is 0.307 e. The van der Waals surface area contributed by atoms with Gasteiger partial charge >= 0.3 is 5.97 Å². The molecule has 0 atom stereocenters. The van der Waals surface area contributed by atoms with Gasteiger partial charge in [0.1, 0.15) is 0 Å². The first kappa shape index (κ1) is 16.0. The summed E-state index contributed by atoms with van der Waals surface area (Å²) >= 11 is 3.40. The zero-order valence-electron chi connectivity index (χ0n) is 12.3. The maximum absolute atomic E-state index is 12.3. The van der Waals surface area contributed by atoms with Gasteiger partial charge in [-0.2, -0.15) is 0 Å². The van der Waals surface area contributed by atoms with E-state index in [0.29, 0.717) is 6.54 Å². The topological polar surface area (TPSA) is 55.4 Å². The number of benzene rings is 1. The first-order chi connectivity index (χ1) is 9.94. The lowest BCUT2D eigenvalue weighted by Crippen LogP contribution is -2.36. The molecule has 1 amide bonds. The molecule has 0 heterocycles. The van der Waals surface area contributed by atoms with Crippen molar-refractivity contribution < 1.29 is 14.3 Å². The van der Waals surface area contributed by atoms with Crippen LogP contribution in [0.5, 0.6) is 0 Å². The first-order valence-electron chi connectivity index (χ1n) is 7.18. The third-order valence-electron chi connectivity index (χ3n) is 3.56. The molecule has 1 saturated carbocycles. The molecule has 1 aromatic carbocycles. The summed E-state index contributed by atoms with van der Waals surface area (Å²) in [5, 5.41) is 2.85. The van der Waals surface area contributed by atoms with E-state index in [1.54, 1.807) is 0 Å². The minimum Gasteiger partial charge on any atom is -0.463 e. The van der Waals surface area contributed by atoms with Crippen molar-refractivity contribution in [2.75, 3.05) is 6.54 Å². The number of nitrogens with one attached hydrogen (secondary N) is 1. The molecular weight excluding hydrogens is 334 g/mol. The van der Waals surface area contributed by atoms with Crippen LogP contribution in [0, 0.1) is 0 Å². The molecule has 5 heteroatoms. The van der Waals surface area contributed by atoms with E-state index in [-0.39, 0.29) is 24.4 Å². The molecule has 4 nitrogen and oxygen atoms in total. The van der Waals surface area contributed by atoms with E-state index in [0.717, 1.165) is 22.9 Å². The van der Waals surface area contributed by atoms with E-state index in [1.807, 2.05) is 38.1 Å². The highest BCUT2D eigenvalue weighted by Gasteiger charge is 2.50. The number of esters is 1. The van der Waals surface area contributed by atoms with Gasteiger partial charge in [-0.05, 0) is 44.4 Å².